The van der Waals surface area contributed by atoms with Crippen LogP contribution in [0.4, 0.5) is 4.79 Å². The number of quaternary nitrogens is 1. The van der Waals surface area contributed by atoms with Crippen LogP contribution in [0.3, 0.4) is 0 Å². The lowest BCUT2D eigenvalue weighted by Gasteiger charge is -2.45. The zero-order valence-electron chi connectivity index (χ0n) is 30.9. The summed E-state index contributed by atoms with van der Waals surface area (Å²) in [5.74, 6) is -0.0638. The van der Waals surface area contributed by atoms with Crippen LogP contribution in [0.1, 0.15) is 94.4 Å². The number of cyclic esters (lactones) is 1. The smallest absolute Gasteiger partial charge is 0.410 e. The van der Waals surface area contributed by atoms with E-state index in [0.717, 1.165) is 36.0 Å². The van der Waals surface area contributed by atoms with E-state index in [1.807, 2.05) is 45.9 Å². The van der Waals surface area contributed by atoms with Crippen LogP contribution in [0.25, 0.3) is 0 Å². The van der Waals surface area contributed by atoms with Crippen molar-refractivity contribution in [2.24, 2.45) is 23.7 Å². The second-order valence-corrected chi connectivity index (χ2v) is 15.7. The maximum atomic E-state index is 13.4. The molecule has 3 rings (SSSR count). The van der Waals surface area contributed by atoms with Crippen molar-refractivity contribution in [3.05, 3.63) is 36.0 Å². The fraction of sp³-hybridized carbons (Fsp3) is 0.789. The van der Waals surface area contributed by atoms with Gasteiger partial charge in [-0.3, -0.25) is 9.69 Å². The molecule has 2 N–H and O–H groups in total. The number of likely N-dealkylation sites (N-methyl/N-ethyl adjacent to an activating group) is 1. The molecule has 0 radical (unpaired) electrons. The summed E-state index contributed by atoms with van der Waals surface area (Å²) in [5, 5.41) is 21.7. The Morgan fingerprint density at radius 1 is 1.19 bits per heavy atom. The molecule has 2 saturated heterocycles. The molecule has 47 heavy (non-hydrogen) atoms. The molecule has 9 nitrogen and oxygen atoms in total. The van der Waals surface area contributed by atoms with E-state index in [9.17, 15) is 19.8 Å². The second kappa shape index (κ2) is 17.0. The zero-order chi connectivity index (χ0) is 35.1. The Bertz CT molecular complexity index is 1120. The predicted molar refractivity (Wildman–Crippen MR) is 186 cm³/mol. The third-order valence-corrected chi connectivity index (χ3v) is 11.1. The average Bonchev–Trinajstić information content (AvgIpc) is 3.78. The summed E-state index contributed by atoms with van der Waals surface area (Å²) >= 11 is 0. The summed E-state index contributed by atoms with van der Waals surface area (Å²) < 4.78 is 18.9. The van der Waals surface area contributed by atoms with Gasteiger partial charge >= 0.3 is 12.1 Å². The van der Waals surface area contributed by atoms with Crippen LogP contribution in [0, 0.1) is 23.7 Å². The first-order valence-electron chi connectivity index (χ1n) is 18.1. The van der Waals surface area contributed by atoms with E-state index < -0.39 is 23.9 Å². The molecule has 3 heterocycles. The molecular formula is C38H65N2O7+. The first-order chi connectivity index (χ1) is 22.0. The van der Waals surface area contributed by atoms with Gasteiger partial charge in [0.1, 0.15) is 11.7 Å². The molecule has 0 aromatic rings. The minimum absolute atomic E-state index is 0.00193. The number of nitrogens with zero attached hydrogens (tertiary/aromatic N) is 2. The van der Waals surface area contributed by atoms with Gasteiger partial charge in [0.05, 0.1) is 57.6 Å². The van der Waals surface area contributed by atoms with Gasteiger partial charge in [-0.2, -0.15) is 0 Å². The molecule has 3 aliphatic heterocycles. The summed E-state index contributed by atoms with van der Waals surface area (Å²) in [5.41, 5.74) is -0.388. The van der Waals surface area contributed by atoms with Gasteiger partial charge in [0.15, 0.2) is 6.10 Å². The molecular weight excluding hydrogens is 596 g/mol. The third-order valence-electron chi connectivity index (χ3n) is 11.1. The summed E-state index contributed by atoms with van der Waals surface area (Å²) in [6.45, 7) is 21.2. The normalized spacial score (nSPS) is 35.0. The van der Waals surface area contributed by atoms with E-state index in [1.54, 1.807) is 17.9 Å². The number of allylic oxidation sites excluding steroid dienone is 3. The highest BCUT2D eigenvalue weighted by molar-refractivity contribution is 5.70. The SMILES string of the molecule is CC[C@H](O)[C@@H](C)[C@H]1O[C@@H]1C[C@H](C)/C=C/C=C(\C)[C@H]1OC(=O)C[C@H](C)CC[C@@](C)(O)[C@@H](OC(=O)N2CC[N+](C)(C(C)C)CC2)/C=C/[C@@H]1C. The number of rotatable bonds is 10. The van der Waals surface area contributed by atoms with Gasteiger partial charge in [-0.15, -0.1) is 0 Å². The highest BCUT2D eigenvalue weighted by Crippen LogP contribution is 2.36. The highest BCUT2D eigenvalue weighted by Gasteiger charge is 2.45. The monoisotopic (exact) mass is 661 g/mol. The van der Waals surface area contributed by atoms with Crippen molar-refractivity contribution < 1.29 is 38.5 Å². The highest BCUT2D eigenvalue weighted by atomic mass is 16.6. The number of carbonyl (C=O) groups excluding carboxylic acids is 2. The number of amides is 1. The Morgan fingerprint density at radius 2 is 1.85 bits per heavy atom. The van der Waals surface area contributed by atoms with Crippen molar-refractivity contribution in [1.29, 1.82) is 0 Å². The number of hydrogen-bond acceptors (Lipinski definition) is 7. The van der Waals surface area contributed by atoms with Gasteiger partial charge in [-0.25, -0.2) is 4.79 Å². The van der Waals surface area contributed by atoms with Gasteiger partial charge in [0.2, 0.25) is 0 Å². The van der Waals surface area contributed by atoms with Crippen LogP contribution in [0.2, 0.25) is 0 Å². The Morgan fingerprint density at radius 3 is 2.47 bits per heavy atom. The minimum atomic E-state index is -1.29. The van der Waals surface area contributed by atoms with Gasteiger partial charge in [-0.05, 0) is 76.9 Å². The number of piperazine rings is 1. The van der Waals surface area contributed by atoms with Crippen LogP contribution >= 0.6 is 0 Å². The molecule has 10 atom stereocenters. The summed E-state index contributed by atoms with van der Waals surface area (Å²) in [4.78, 5) is 28.1. The van der Waals surface area contributed by atoms with E-state index in [-0.39, 0.29) is 54.4 Å². The zero-order valence-corrected chi connectivity index (χ0v) is 30.9. The van der Waals surface area contributed by atoms with Crippen LogP contribution in [0.15, 0.2) is 36.0 Å². The van der Waals surface area contributed by atoms with E-state index in [1.165, 1.54) is 0 Å². The number of epoxide rings is 1. The van der Waals surface area contributed by atoms with Crippen molar-refractivity contribution in [3.63, 3.8) is 0 Å². The molecule has 0 bridgehead atoms. The van der Waals surface area contributed by atoms with Crippen molar-refractivity contribution in [2.75, 3.05) is 33.2 Å². The van der Waals surface area contributed by atoms with Crippen LogP contribution in [-0.4, -0.2) is 107 Å². The number of esters is 1. The van der Waals surface area contributed by atoms with Gasteiger partial charge in [0.25, 0.3) is 0 Å². The average molecular weight is 662 g/mol. The van der Waals surface area contributed by atoms with Gasteiger partial charge < -0.3 is 28.9 Å². The van der Waals surface area contributed by atoms with Crippen LogP contribution in [0.5, 0.6) is 0 Å². The standard InChI is InChI=1S/C38H65N2O7/c1-11-31(41)30(8)36-32(45-36)23-26(4)13-12-14-28(6)35-29(7)15-16-33(38(9,44)18-17-27(5)24-34(42)47-35)46-37(43)39-19-21-40(10,22-20-39)25(2)3/h12-16,25-27,29-33,35-36,41,44H,11,17-24H2,1-10H3/q+1/b13-12+,16-15+,28-14+/t26-,27-,29+,30-,31+,32-,33+,35-,36-,38-/m1/s1. The molecule has 2 fully saturated rings. The van der Waals surface area contributed by atoms with Crippen LogP contribution in [-0.2, 0) is 19.0 Å². The first kappa shape index (κ1) is 39.2. The molecule has 268 valence electrons. The van der Waals surface area contributed by atoms with Crippen LogP contribution < -0.4 is 0 Å². The molecule has 0 aromatic carbocycles. The number of ether oxygens (including phenoxy) is 3. The van der Waals surface area contributed by atoms with Crippen molar-refractivity contribution in [3.8, 4) is 0 Å². The van der Waals surface area contributed by atoms with E-state index >= 15 is 0 Å². The lowest BCUT2D eigenvalue weighted by molar-refractivity contribution is -0.933. The quantitative estimate of drug-likeness (QED) is 0.0966. The summed E-state index contributed by atoms with van der Waals surface area (Å²) in [6, 6.07) is 0.477. The Kier molecular flexibility index (Phi) is 14.2. The Labute approximate surface area is 284 Å². The molecule has 9 heteroatoms. The number of carbonyl (C=O) groups is 2. The van der Waals surface area contributed by atoms with Crippen molar-refractivity contribution in [2.45, 2.75) is 137 Å². The second-order valence-electron chi connectivity index (χ2n) is 15.7. The fourth-order valence-electron chi connectivity index (χ4n) is 6.76. The van der Waals surface area contributed by atoms with Crippen molar-refractivity contribution >= 4 is 12.1 Å². The predicted octanol–water partition coefficient (Wildman–Crippen LogP) is 6.04. The van der Waals surface area contributed by atoms with Gasteiger partial charge in [-0.1, -0.05) is 58.9 Å². The maximum absolute atomic E-state index is 13.4. The number of hydrogen-bond donors (Lipinski definition) is 2. The molecule has 3 aliphatic rings. The molecule has 1 amide bonds. The summed E-state index contributed by atoms with van der Waals surface area (Å²) in [6.07, 6.45) is 10.9. The largest absolute Gasteiger partial charge is 0.457 e. The molecule has 0 unspecified atom stereocenters. The number of aliphatic hydroxyl groups is 2. The topological polar surface area (TPSA) is 109 Å². The lowest BCUT2D eigenvalue weighted by atomic mass is 9.87. The first-order valence-corrected chi connectivity index (χ1v) is 18.1. The molecule has 0 aromatic heterocycles. The van der Waals surface area contributed by atoms with E-state index in [4.69, 9.17) is 14.2 Å². The minimum Gasteiger partial charge on any atom is -0.457 e. The molecule has 0 aliphatic carbocycles. The Balaban J connectivity index is 1.71. The third kappa shape index (κ3) is 11.2. The van der Waals surface area contributed by atoms with Crippen molar-refractivity contribution in [1.82, 2.24) is 4.90 Å². The lowest BCUT2D eigenvalue weighted by Crippen LogP contribution is -2.61. The molecule has 0 spiro atoms. The Hall–Kier alpha value is -2.20. The molecule has 0 saturated carbocycles. The maximum Gasteiger partial charge on any atom is 0.410 e. The van der Waals surface area contributed by atoms with E-state index in [2.05, 4.69) is 40.8 Å². The fourth-order valence-corrected chi connectivity index (χ4v) is 6.76. The number of aliphatic hydroxyl groups excluding tert-OH is 1. The summed E-state index contributed by atoms with van der Waals surface area (Å²) in [7, 11) is 2.23. The van der Waals surface area contributed by atoms with Gasteiger partial charge in [0, 0.05) is 18.3 Å². The van der Waals surface area contributed by atoms with E-state index in [0.29, 0.717) is 32.0 Å².